The monoisotopic (exact) mass is 416 g/mol. The Morgan fingerprint density at radius 1 is 1.40 bits per heavy atom. The molecule has 0 saturated carbocycles. The van der Waals surface area contributed by atoms with Crippen LogP contribution in [0.2, 0.25) is 0 Å². The molecule has 0 fully saturated rings. The molecule has 0 atom stereocenters. The first-order chi connectivity index (χ1) is 14.3. The summed E-state index contributed by atoms with van der Waals surface area (Å²) < 4.78 is 12.1. The van der Waals surface area contributed by atoms with Gasteiger partial charge in [-0.2, -0.15) is 5.10 Å². The largest absolute Gasteiger partial charge is 0.493 e. The zero-order valence-corrected chi connectivity index (χ0v) is 17.2. The van der Waals surface area contributed by atoms with E-state index in [-0.39, 0.29) is 28.8 Å². The van der Waals surface area contributed by atoms with Crippen molar-refractivity contribution < 1.29 is 19.2 Å². The van der Waals surface area contributed by atoms with Gasteiger partial charge in [-0.15, -0.1) is 0 Å². The third kappa shape index (κ3) is 5.22. The van der Waals surface area contributed by atoms with E-state index in [0.29, 0.717) is 18.6 Å². The molecule has 2 aromatic rings. The molecule has 30 heavy (non-hydrogen) atoms. The maximum atomic E-state index is 12.4. The second-order valence-electron chi connectivity index (χ2n) is 6.60. The summed E-state index contributed by atoms with van der Waals surface area (Å²) in [6, 6.07) is 5.66. The fraction of sp³-hybridized carbons (Fsp3) is 0.350. The van der Waals surface area contributed by atoms with E-state index in [4.69, 9.17) is 9.47 Å². The van der Waals surface area contributed by atoms with Gasteiger partial charge in [0.25, 0.3) is 11.5 Å². The first-order valence-electron chi connectivity index (χ1n) is 9.33. The summed E-state index contributed by atoms with van der Waals surface area (Å²) in [6.07, 6.45) is 3.50. The highest BCUT2D eigenvalue weighted by Gasteiger charge is 2.22. The van der Waals surface area contributed by atoms with Gasteiger partial charge >= 0.3 is 5.69 Å². The van der Waals surface area contributed by atoms with Gasteiger partial charge in [0, 0.05) is 23.9 Å². The summed E-state index contributed by atoms with van der Waals surface area (Å²) >= 11 is 0. The van der Waals surface area contributed by atoms with Crippen molar-refractivity contribution in [2.45, 2.75) is 33.2 Å². The molecular weight excluding hydrogens is 392 g/mol. The first kappa shape index (κ1) is 22.6. The minimum Gasteiger partial charge on any atom is -0.493 e. The van der Waals surface area contributed by atoms with Crippen molar-refractivity contribution in [2.24, 2.45) is 5.10 Å². The average Bonchev–Trinajstić information content (AvgIpc) is 2.71. The van der Waals surface area contributed by atoms with E-state index in [2.05, 4.69) is 10.5 Å². The Hall–Kier alpha value is -3.69. The Bertz CT molecular complexity index is 1010. The normalized spacial score (nSPS) is 11.0. The zero-order chi connectivity index (χ0) is 22.3. The number of nitrogens with zero attached hydrogens (tertiary/aromatic N) is 3. The lowest BCUT2D eigenvalue weighted by atomic mass is 10.2. The molecule has 1 amide bonds. The highest BCUT2D eigenvalue weighted by Crippen LogP contribution is 2.38. The Labute approximate surface area is 173 Å². The average molecular weight is 416 g/mol. The van der Waals surface area contributed by atoms with Crippen LogP contribution in [0.25, 0.3) is 0 Å². The number of benzene rings is 1. The number of rotatable bonds is 9. The van der Waals surface area contributed by atoms with Gasteiger partial charge in [-0.3, -0.25) is 19.7 Å². The predicted octanol–water partition coefficient (Wildman–Crippen LogP) is 2.90. The van der Waals surface area contributed by atoms with Crippen molar-refractivity contribution in [1.82, 2.24) is 9.99 Å². The van der Waals surface area contributed by atoms with Gasteiger partial charge < -0.3 is 14.0 Å². The van der Waals surface area contributed by atoms with Crippen LogP contribution in [0.1, 0.15) is 49.2 Å². The number of nitro groups is 1. The lowest BCUT2D eigenvalue weighted by Crippen LogP contribution is -2.31. The van der Waals surface area contributed by atoms with Crippen LogP contribution in [-0.2, 0) is 0 Å². The molecule has 1 heterocycles. The SMILES string of the molecule is CCCOc1c(OC)cc(/C=N\NC(=O)c2cccn(C(C)C)c2=O)cc1[N+](=O)[O-]. The molecule has 0 bridgehead atoms. The topological polar surface area (TPSA) is 125 Å². The van der Waals surface area contributed by atoms with E-state index in [9.17, 15) is 19.7 Å². The first-order valence-corrected chi connectivity index (χ1v) is 9.33. The fourth-order valence-electron chi connectivity index (χ4n) is 2.63. The lowest BCUT2D eigenvalue weighted by Gasteiger charge is -2.11. The van der Waals surface area contributed by atoms with Gasteiger partial charge in [-0.05, 0) is 38.5 Å². The molecule has 1 aromatic heterocycles. The molecule has 1 aromatic carbocycles. The molecule has 10 heteroatoms. The minimum absolute atomic E-state index is 0.0315. The summed E-state index contributed by atoms with van der Waals surface area (Å²) in [5.41, 5.74) is 1.81. The van der Waals surface area contributed by atoms with Crippen LogP contribution in [0.15, 0.2) is 40.4 Å². The summed E-state index contributed by atoms with van der Waals surface area (Å²) in [5.74, 6) is -0.479. The number of methoxy groups -OCH3 is 1. The quantitative estimate of drug-likeness (QED) is 0.381. The van der Waals surface area contributed by atoms with Crippen molar-refractivity contribution in [3.05, 3.63) is 62.1 Å². The standard InChI is InChI=1S/C20H24N4O6/c1-5-9-30-18-16(24(27)28)10-14(11-17(18)29-4)12-21-22-19(25)15-7-6-8-23(13(2)3)20(15)26/h6-8,10-13H,5,9H2,1-4H3,(H,22,25)/b21-12-. The summed E-state index contributed by atoms with van der Waals surface area (Å²) in [7, 11) is 1.37. The molecule has 0 radical (unpaired) electrons. The third-order valence-electron chi connectivity index (χ3n) is 4.08. The van der Waals surface area contributed by atoms with Gasteiger partial charge in [0.1, 0.15) is 5.56 Å². The van der Waals surface area contributed by atoms with Crippen LogP contribution >= 0.6 is 0 Å². The molecule has 0 spiro atoms. The number of ether oxygens (including phenoxy) is 2. The predicted molar refractivity (Wildman–Crippen MR) is 112 cm³/mol. The highest BCUT2D eigenvalue weighted by atomic mass is 16.6. The van der Waals surface area contributed by atoms with Crippen molar-refractivity contribution in [1.29, 1.82) is 0 Å². The fourth-order valence-corrected chi connectivity index (χ4v) is 2.63. The molecule has 10 nitrogen and oxygen atoms in total. The van der Waals surface area contributed by atoms with E-state index < -0.39 is 16.4 Å². The van der Waals surface area contributed by atoms with Crippen molar-refractivity contribution in [3.8, 4) is 11.5 Å². The molecule has 1 N–H and O–H groups in total. The van der Waals surface area contributed by atoms with Crippen molar-refractivity contribution in [2.75, 3.05) is 13.7 Å². The van der Waals surface area contributed by atoms with Gasteiger partial charge in [-0.25, -0.2) is 5.43 Å². The summed E-state index contributed by atoms with van der Waals surface area (Å²) in [4.78, 5) is 35.5. The van der Waals surface area contributed by atoms with Gasteiger partial charge in [-0.1, -0.05) is 6.92 Å². The van der Waals surface area contributed by atoms with E-state index >= 15 is 0 Å². The maximum Gasteiger partial charge on any atom is 0.315 e. The van der Waals surface area contributed by atoms with E-state index in [1.165, 1.54) is 36.1 Å². The number of carbonyl (C=O) groups is 1. The number of hydrogen-bond donors (Lipinski definition) is 1. The summed E-state index contributed by atoms with van der Waals surface area (Å²) in [5, 5.41) is 15.2. The number of hydrazone groups is 1. The van der Waals surface area contributed by atoms with Crippen LogP contribution in [0.5, 0.6) is 11.5 Å². The number of aromatic nitrogens is 1. The Morgan fingerprint density at radius 2 is 2.13 bits per heavy atom. The number of pyridine rings is 1. The number of hydrogen-bond acceptors (Lipinski definition) is 7. The minimum atomic E-state index is -0.685. The smallest absolute Gasteiger partial charge is 0.315 e. The molecule has 0 aliphatic rings. The second kappa shape index (κ2) is 10.2. The number of nitro benzene ring substituents is 1. The Morgan fingerprint density at radius 3 is 2.73 bits per heavy atom. The molecule has 0 saturated heterocycles. The van der Waals surface area contributed by atoms with E-state index in [1.807, 2.05) is 20.8 Å². The number of amides is 1. The van der Waals surface area contributed by atoms with Crippen LogP contribution in [0.3, 0.4) is 0 Å². The third-order valence-corrected chi connectivity index (χ3v) is 4.08. The molecule has 160 valence electrons. The van der Waals surface area contributed by atoms with Crippen LogP contribution in [0, 0.1) is 10.1 Å². The lowest BCUT2D eigenvalue weighted by molar-refractivity contribution is -0.386. The molecule has 0 unspecified atom stereocenters. The van der Waals surface area contributed by atoms with Crippen LogP contribution in [-0.4, -0.2) is 35.3 Å². The van der Waals surface area contributed by atoms with Crippen molar-refractivity contribution in [3.63, 3.8) is 0 Å². The van der Waals surface area contributed by atoms with Crippen LogP contribution in [0.4, 0.5) is 5.69 Å². The summed E-state index contributed by atoms with van der Waals surface area (Å²) in [6.45, 7) is 5.83. The van der Waals surface area contributed by atoms with E-state index in [0.717, 1.165) is 0 Å². The van der Waals surface area contributed by atoms with E-state index in [1.54, 1.807) is 12.3 Å². The molecule has 2 rings (SSSR count). The molecule has 0 aliphatic heterocycles. The van der Waals surface area contributed by atoms with Gasteiger partial charge in [0.05, 0.1) is 24.9 Å². The highest BCUT2D eigenvalue weighted by molar-refractivity contribution is 5.94. The van der Waals surface area contributed by atoms with Crippen molar-refractivity contribution >= 4 is 17.8 Å². The second-order valence-corrected chi connectivity index (χ2v) is 6.60. The molecule has 0 aliphatic carbocycles. The number of nitrogens with one attached hydrogen (secondary N) is 1. The zero-order valence-electron chi connectivity index (χ0n) is 17.2. The maximum absolute atomic E-state index is 12.4. The Kier molecular flexibility index (Phi) is 7.68. The van der Waals surface area contributed by atoms with Gasteiger partial charge in [0.2, 0.25) is 5.75 Å². The Balaban J connectivity index is 2.27. The molecular formula is C20H24N4O6. The van der Waals surface area contributed by atoms with Gasteiger partial charge in [0.15, 0.2) is 5.75 Å². The number of carbonyl (C=O) groups excluding carboxylic acids is 1. The van der Waals surface area contributed by atoms with Crippen LogP contribution < -0.4 is 20.5 Å².